The molecule has 4 rings (SSSR count). The highest BCUT2D eigenvalue weighted by Gasteiger charge is 2.16. The van der Waals surface area contributed by atoms with Crippen LogP contribution >= 0.6 is 0 Å². The summed E-state index contributed by atoms with van der Waals surface area (Å²) in [6.45, 7) is 0. The summed E-state index contributed by atoms with van der Waals surface area (Å²) in [6, 6.07) is 13.6. The van der Waals surface area contributed by atoms with Crippen molar-refractivity contribution in [1.29, 1.82) is 0 Å². The van der Waals surface area contributed by atoms with Crippen molar-refractivity contribution in [2.75, 3.05) is 5.32 Å². The third-order valence-electron chi connectivity index (χ3n) is 3.86. The fraction of sp³-hybridized carbons (Fsp3) is 0. The normalized spacial score (nSPS) is 10.9. The summed E-state index contributed by atoms with van der Waals surface area (Å²) < 4.78 is 10.4. The Kier molecular flexibility index (Phi) is 3.54. The van der Waals surface area contributed by atoms with Crippen molar-refractivity contribution in [2.24, 2.45) is 0 Å². The molecule has 1 amide bonds. The predicted octanol–water partition coefficient (Wildman–Crippen LogP) is 2.86. The first kappa shape index (κ1) is 15.6. The molecule has 0 aliphatic rings. The number of carbonyl (C=O) groups excluding carboxylic acids is 1. The van der Waals surface area contributed by atoms with E-state index in [-0.39, 0.29) is 28.0 Å². The Morgan fingerprint density at radius 2 is 1.65 bits per heavy atom. The van der Waals surface area contributed by atoms with Crippen molar-refractivity contribution >= 4 is 33.5 Å². The maximum Gasteiger partial charge on any atom is 0.360 e. The van der Waals surface area contributed by atoms with Crippen LogP contribution in [-0.4, -0.2) is 11.0 Å². The van der Waals surface area contributed by atoms with Crippen molar-refractivity contribution in [1.82, 2.24) is 0 Å². The first-order valence-corrected chi connectivity index (χ1v) is 7.63. The van der Waals surface area contributed by atoms with E-state index < -0.39 is 17.2 Å². The van der Waals surface area contributed by atoms with Crippen LogP contribution in [0.1, 0.15) is 10.4 Å². The van der Waals surface area contributed by atoms with Crippen LogP contribution in [0.25, 0.3) is 21.9 Å². The van der Waals surface area contributed by atoms with E-state index in [2.05, 4.69) is 5.32 Å². The minimum Gasteiger partial charge on any atom is -0.508 e. The van der Waals surface area contributed by atoms with Gasteiger partial charge in [-0.3, -0.25) is 4.79 Å². The van der Waals surface area contributed by atoms with E-state index in [0.29, 0.717) is 10.9 Å². The summed E-state index contributed by atoms with van der Waals surface area (Å²) >= 11 is 0. The van der Waals surface area contributed by atoms with E-state index in [1.165, 1.54) is 24.3 Å². The summed E-state index contributed by atoms with van der Waals surface area (Å²) in [4.78, 5) is 36.7. The Morgan fingerprint density at radius 1 is 0.885 bits per heavy atom. The fourth-order valence-electron chi connectivity index (χ4n) is 2.63. The lowest BCUT2D eigenvalue weighted by atomic mass is 10.1. The Bertz CT molecular complexity index is 1270. The van der Waals surface area contributed by atoms with Gasteiger partial charge < -0.3 is 19.3 Å². The van der Waals surface area contributed by atoms with Crippen molar-refractivity contribution in [3.05, 3.63) is 81.0 Å². The molecule has 2 aromatic heterocycles. The number of nitrogens with one attached hydrogen (secondary N) is 1. The number of anilines is 1. The summed E-state index contributed by atoms with van der Waals surface area (Å²) in [5, 5.41) is 12.3. The molecular weight excluding hydrogens is 338 g/mol. The summed E-state index contributed by atoms with van der Waals surface area (Å²) in [5.41, 5.74) is -1.26. The molecule has 0 saturated heterocycles. The largest absolute Gasteiger partial charge is 0.508 e. The molecule has 0 radical (unpaired) electrons. The molecule has 0 spiro atoms. The van der Waals surface area contributed by atoms with Gasteiger partial charge in [-0.05, 0) is 30.3 Å². The van der Waals surface area contributed by atoms with Gasteiger partial charge in [-0.1, -0.05) is 18.2 Å². The predicted molar refractivity (Wildman–Crippen MR) is 94.6 cm³/mol. The van der Waals surface area contributed by atoms with Crippen LogP contribution in [0.3, 0.4) is 0 Å². The van der Waals surface area contributed by atoms with E-state index >= 15 is 0 Å². The van der Waals surface area contributed by atoms with E-state index in [1.54, 1.807) is 30.3 Å². The van der Waals surface area contributed by atoms with Crippen LogP contribution in [0, 0.1) is 0 Å². The van der Waals surface area contributed by atoms with Crippen molar-refractivity contribution in [3.8, 4) is 5.75 Å². The van der Waals surface area contributed by atoms with Crippen LogP contribution < -0.4 is 16.6 Å². The molecule has 7 heteroatoms. The lowest BCUT2D eigenvalue weighted by molar-refractivity contribution is 0.102. The molecule has 2 heterocycles. The Hall–Kier alpha value is -3.87. The molecule has 0 saturated carbocycles. The number of fused-ring (bicyclic) bond motifs is 3. The zero-order valence-electron chi connectivity index (χ0n) is 13.2. The Labute approximate surface area is 145 Å². The molecule has 4 aromatic rings. The van der Waals surface area contributed by atoms with Gasteiger partial charge in [0, 0.05) is 11.6 Å². The highest BCUT2D eigenvalue weighted by Crippen LogP contribution is 2.26. The number of benzene rings is 2. The van der Waals surface area contributed by atoms with Gasteiger partial charge in [-0.25, -0.2) is 9.59 Å². The summed E-state index contributed by atoms with van der Waals surface area (Å²) in [7, 11) is 0. The average molecular weight is 349 g/mol. The Morgan fingerprint density at radius 3 is 2.42 bits per heavy atom. The van der Waals surface area contributed by atoms with E-state index in [9.17, 15) is 19.5 Å². The van der Waals surface area contributed by atoms with E-state index in [1.807, 2.05) is 0 Å². The number of hydrogen-bond acceptors (Lipinski definition) is 6. The smallest absolute Gasteiger partial charge is 0.360 e. The van der Waals surface area contributed by atoms with Crippen LogP contribution in [-0.2, 0) is 0 Å². The molecule has 2 N–H and O–H groups in total. The minimum atomic E-state index is -0.804. The summed E-state index contributed by atoms with van der Waals surface area (Å²) in [5.74, 6) is -0.596. The number of aromatic hydroxyl groups is 1. The zero-order valence-corrected chi connectivity index (χ0v) is 13.2. The average Bonchev–Trinajstić information content (AvgIpc) is 2.63. The molecule has 0 atom stereocenters. The van der Waals surface area contributed by atoms with Gasteiger partial charge in [0.25, 0.3) is 5.91 Å². The molecule has 0 aliphatic heterocycles. The van der Waals surface area contributed by atoms with Crippen LogP contribution in [0.2, 0.25) is 0 Å². The zero-order chi connectivity index (χ0) is 18.3. The number of rotatable bonds is 2. The lowest BCUT2D eigenvalue weighted by Gasteiger charge is -2.06. The monoisotopic (exact) mass is 349 g/mol. The van der Waals surface area contributed by atoms with Gasteiger partial charge in [0.1, 0.15) is 22.4 Å². The van der Waals surface area contributed by atoms with Crippen molar-refractivity contribution < 1.29 is 18.7 Å². The van der Waals surface area contributed by atoms with Crippen LogP contribution in [0.5, 0.6) is 5.75 Å². The SMILES string of the molecule is O=C(Nc1cc2c(=O)oc3cc(O)ccc3c2oc1=O)c1ccccc1. The lowest BCUT2D eigenvalue weighted by Crippen LogP contribution is -2.18. The molecule has 0 unspecified atom stereocenters. The number of phenolic OH excluding ortho intramolecular Hbond substituents is 1. The fourth-order valence-corrected chi connectivity index (χ4v) is 2.63. The quantitative estimate of drug-likeness (QED) is 0.425. The molecule has 0 fully saturated rings. The number of hydrogen-bond donors (Lipinski definition) is 2. The minimum absolute atomic E-state index is 0.00570. The maximum atomic E-state index is 12.3. The van der Waals surface area contributed by atoms with Gasteiger partial charge in [-0.2, -0.15) is 0 Å². The van der Waals surface area contributed by atoms with Crippen LogP contribution in [0.4, 0.5) is 5.69 Å². The molecule has 7 nitrogen and oxygen atoms in total. The first-order chi connectivity index (χ1) is 12.5. The summed E-state index contributed by atoms with van der Waals surface area (Å²) in [6.07, 6.45) is 0. The van der Waals surface area contributed by atoms with Gasteiger partial charge in [0.05, 0.1) is 5.39 Å². The van der Waals surface area contributed by atoms with Crippen molar-refractivity contribution in [2.45, 2.75) is 0 Å². The molecule has 0 bridgehead atoms. The second-order valence-electron chi connectivity index (χ2n) is 5.58. The Balaban J connectivity index is 1.87. The van der Waals surface area contributed by atoms with E-state index in [0.717, 1.165) is 0 Å². The first-order valence-electron chi connectivity index (χ1n) is 7.63. The number of amides is 1. The topological polar surface area (TPSA) is 110 Å². The van der Waals surface area contributed by atoms with E-state index in [4.69, 9.17) is 8.83 Å². The number of carbonyl (C=O) groups is 1. The van der Waals surface area contributed by atoms with Gasteiger partial charge in [-0.15, -0.1) is 0 Å². The van der Waals surface area contributed by atoms with Crippen molar-refractivity contribution in [3.63, 3.8) is 0 Å². The maximum absolute atomic E-state index is 12.3. The third kappa shape index (κ3) is 2.61. The van der Waals surface area contributed by atoms with Gasteiger partial charge in [0.2, 0.25) is 0 Å². The van der Waals surface area contributed by atoms with Gasteiger partial charge in [0.15, 0.2) is 5.58 Å². The van der Waals surface area contributed by atoms with Gasteiger partial charge >= 0.3 is 11.3 Å². The number of phenols is 1. The highest BCUT2D eigenvalue weighted by atomic mass is 16.4. The second kappa shape index (κ2) is 5.89. The molecule has 128 valence electrons. The second-order valence-corrected chi connectivity index (χ2v) is 5.58. The standard InChI is InChI=1S/C19H11NO6/c21-11-6-7-12-15(8-11)25-18(23)13-9-14(19(24)26-16(12)13)20-17(22)10-4-2-1-3-5-10/h1-9,21H,(H,20,22). The highest BCUT2D eigenvalue weighted by molar-refractivity contribution is 6.06. The molecule has 2 aromatic carbocycles. The third-order valence-corrected chi connectivity index (χ3v) is 3.86. The molecular formula is C19H11NO6. The van der Waals surface area contributed by atoms with Crippen LogP contribution in [0.15, 0.2) is 73.0 Å². The molecule has 26 heavy (non-hydrogen) atoms. The molecule has 0 aliphatic carbocycles.